The molecule has 1 aromatic rings. The second kappa shape index (κ2) is 4.94. The van der Waals surface area contributed by atoms with Crippen molar-refractivity contribution in [3.63, 3.8) is 0 Å². The summed E-state index contributed by atoms with van der Waals surface area (Å²) in [4.78, 5) is 18.3. The third-order valence-corrected chi connectivity index (χ3v) is 2.63. The zero-order chi connectivity index (χ0) is 14.2. The molecule has 0 fully saturated rings. The van der Waals surface area contributed by atoms with Crippen molar-refractivity contribution in [3.8, 4) is 0 Å². The average molecular weight is 305 g/mol. The number of alkyl halides is 2. The highest BCUT2D eigenvalue weighted by Crippen LogP contribution is 2.46. The van der Waals surface area contributed by atoms with Gasteiger partial charge in [0.2, 0.25) is 10.8 Å². The Kier molecular flexibility index (Phi) is 3.97. The van der Waals surface area contributed by atoms with Gasteiger partial charge in [-0.1, -0.05) is 23.2 Å². The molecule has 98 valence electrons. The molecular formula is C7HCl2F3N2O4. The first kappa shape index (κ1) is 14.5. The minimum Gasteiger partial charge on any atom is -0.258 e. The number of nitro benzene ring substituents is 2. The van der Waals surface area contributed by atoms with Gasteiger partial charge >= 0.3 is 11.4 Å². The Morgan fingerprint density at radius 1 is 1.00 bits per heavy atom. The fraction of sp³-hybridized carbons (Fsp3) is 0.143. The van der Waals surface area contributed by atoms with Gasteiger partial charge in [-0.05, 0) is 0 Å². The molecule has 0 heterocycles. The first-order valence-corrected chi connectivity index (χ1v) is 4.73. The molecule has 1 rings (SSSR count). The van der Waals surface area contributed by atoms with Crippen molar-refractivity contribution >= 4 is 34.6 Å². The number of hydrogen-bond acceptors (Lipinski definition) is 4. The fourth-order valence-corrected chi connectivity index (χ4v) is 1.86. The molecule has 0 N–H and O–H groups in total. The van der Waals surface area contributed by atoms with E-state index in [9.17, 15) is 33.4 Å². The Balaban J connectivity index is 3.88. The third-order valence-electron chi connectivity index (χ3n) is 1.89. The van der Waals surface area contributed by atoms with Gasteiger partial charge in [0.1, 0.15) is 5.02 Å². The third kappa shape index (κ3) is 2.18. The molecule has 0 aliphatic carbocycles. The SMILES string of the molecule is O=[N+]([O-])c1c(F)c(C(F)F)c(Cl)c([N+](=O)[O-])c1Cl. The Hall–Kier alpha value is -1.61. The summed E-state index contributed by atoms with van der Waals surface area (Å²) in [6, 6.07) is 0. The van der Waals surface area contributed by atoms with E-state index in [1.807, 2.05) is 0 Å². The van der Waals surface area contributed by atoms with Crippen LogP contribution in [0.4, 0.5) is 24.5 Å². The maximum atomic E-state index is 13.4. The van der Waals surface area contributed by atoms with Crippen molar-refractivity contribution in [2.45, 2.75) is 6.43 Å². The number of benzene rings is 1. The molecule has 0 saturated heterocycles. The number of nitrogens with zero attached hydrogens (tertiary/aromatic N) is 2. The molecule has 0 bridgehead atoms. The van der Waals surface area contributed by atoms with E-state index in [1.54, 1.807) is 0 Å². The standard InChI is InChI=1S/C7HCl2F3N2O4/c8-2-1(7(11)12)4(10)6(14(17)18)3(9)5(2)13(15)16/h7H. The summed E-state index contributed by atoms with van der Waals surface area (Å²) in [5, 5.41) is 18.5. The van der Waals surface area contributed by atoms with Gasteiger partial charge in [-0.3, -0.25) is 20.2 Å². The van der Waals surface area contributed by atoms with Crippen LogP contribution in [0.5, 0.6) is 0 Å². The van der Waals surface area contributed by atoms with E-state index in [1.165, 1.54) is 0 Å². The van der Waals surface area contributed by atoms with E-state index in [0.29, 0.717) is 0 Å². The second-order valence-electron chi connectivity index (χ2n) is 2.87. The maximum absolute atomic E-state index is 13.4. The van der Waals surface area contributed by atoms with Crippen LogP contribution in [0, 0.1) is 26.0 Å². The van der Waals surface area contributed by atoms with Crippen LogP contribution in [0.1, 0.15) is 12.0 Å². The summed E-state index contributed by atoms with van der Waals surface area (Å²) in [7, 11) is 0. The van der Waals surface area contributed by atoms with Crippen molar-refractivity contribution in [1.29, 1.82) is 0 Å². The first-order chi connectivity index (χ1) is 8.20. The molecule has 0 aliphatic heterocycles. The summed E-state index contributed by atoms with van der Waals surface area (Å²) in [5.41, 5.74) is -4.57. The van der Waals surface area contributed by atoms with E-state index in [4.69, 9.17) is 23.2 Å². The average Bonchev–Trinajstić information content (AvgIpc) is 2.14. The minimum absolute atomic E-state index is 1.24. The molecule has 0 aromatic heterocycles. The summed E-state index contributed by atoms with van der Waals surface area (Å²) in [6.45, 7) is 0. The normalized spacial score (nSPS) is 10.8. The number of halogens is 5. The van der Waals surface area contributed by atoms with Crippen LogP contribution in [0.2, 0.25) is 10.0 Å². The summed E-state index contributed by atoms with van der Waals surface area (Å²) in [5.74, 6) is -1.99. The highest BCUT2D eigenvalue weighted by atomic mass is 35.5. The van der Waals surface area contributed by atoms with Gasteiger partial charge in [0, 0.05) is 0 Å². The van der Waals surface area contributed by atoms with Gasteiger partial charge < -0.3 is 0 Å². The monoisotopic (exact) mass is 304 g/mol. The topological polar surface area (TPSA) is 86.3 Å². The van der Waals surface area contributed by atoms with Gasteiger partial charge in [0.05, 0.1) is 15.4 Å². The predicted octanol–water partition coefficient (Wildman–Crippen LogP) is 3.89. The lowest BCUT2D eigenvalue weighted by Crippen LogP contribution is -2.04. The highest BCUT2D eigenvalue weighted by Gasteiger charge is 2.38. The zero-order valence-electron chi connectivity index (χ0n) is 7.99. The molecule has 0 radical (unpaired) electrons. The molecular weight excluding hydrogens is 304 g/mol. The van der Waals surface area contributed by atoms with Crippen molar-refractivity contribution in [3.05, 3.63) is 41.7 Å². The van der Waals surface area contributed by atoms with Gasteiger partial charge in [-0.2, -0.15) is 4.39 Å². The summed E-state index contributed by atoms with van der Waals surface area (Å²) in [6.07, 6.45) is -3.56. The Labute approximate surface area is 106 Å². The molecule has 0 atom stereocenters. The molecule has 0 spiro atoms. The van der Waals surface area contributed by atoms with Gasteiger partial charge in [0.15, 0.2) is 0 Å². The quantitative estimate of drug-likeness (QED) is 0.626. The highest BCUT2D eigenvalue weighted by molar-refractivity contribution is 6.40. The van der Waals surface area contributed by atoms with Crippen molar-refractivity contribution in [2.75, 3.05) is 0 Å². The Morgan fingerprint density at radius 2 is 1.44 bits per heavy atom. The van der Waals surface area contributed by atoms with E-state index < -0.39 is 49.1 Å². The molecule has 11 heteroatoms. The smallest absolute Gasteiger partial charge is 0.258 e. The van der Waals surface area contributed by atoms with Crippen LogP contribution in [0.15, 0.2) is 0 Å². The Bertz CT molecular complexity index is 511. The van der Waals surface area contributed by atoms with Crippen LogP contribution in [-0.4, -0.2) is 9.85 Å². The van der Waals surface area contributed by atoms with E-state index in [-0.39, 0.29) is 0 Å². The molecule has 6 nitrogen and oxygen atoms in total. The summed E-state index contributed by atoms with van der Waals surface area (Å²) < 4.78 is 38.4. The fourth-order valence-electron chi connectivity index (χ4n) is 1.17. The van der Waals surface area contributed by atoms with Crippen LogP contribution in [-0.2, 0) is 0 Å². The zero-order valence-corrected chi connectivity index (χ0v) is 9.51. The van der Waals surface area contributed by atoms with Gasteiger partial charge in [-0.15, -0.1) is 0 Å². The van der Waals surface area contributed by atoms with Crippen LogP contribution in [0.25, 0.3) is 0 Å². The van der Waals surface area contributed by atoms with E-state index in [0.717, 1.165) is 0 Å². The molecule has 0 saturated carbocycles. The van der Waals surface area contributed by atoms with Gasteiger partial charge in [-0.25, -0.2) is 8.78 Å². The maximum Gasteiger partial charge on any atom is 0.330 e. The molecule has 0 aliphatic rings. The number of hydrogen-bond donors (Lipinski definition) is 0. The number of nitro groups is 2. The van der Waals surface area contributed by atoms with Crippen LogP contribution in [0.3, 0.4) is 0 Å². The van der Waals surface area contributed by atoms with Crippen LogP contribution >= 0.6 is 23.2 Å². The molecule has 18 heavy (non-hydrogen) atoms. The molecule has 0 amide bonds. The largest absolute Gasteiger partial charge is 0.330 e. The molecule has 1 aromatic carbocycles. The van der Waals surface area contributed by atoms with Crippen molar-refractivity contribution < 1.29 is 23.0 Å². The second-order valence-corrected chi connectivity index (χ2v) is 3.62. The lowest BCUT2D eigenvalue weighted by molar-refractivity contribution is -0.395. The van der Waals surface area contributed by atoms with Gasteiger partial charge in [0.25, 0.3) is 6.43 Å². The Morgan fingerprint density at radius 3 is 1.78 bits per heavy atom. The minimum atomic E-state index is -3.56. The lowest BCUT2D eigenvalue weighted by Gasteiger charge is -2.07. The van der Waals surface area contributed by atoms with E-state index >= 15 is 0 Å². The van der Waals surface area contributed by atoms with Crippen LogP contribution < -0.4 is 0 Å². The lowest BCUT2D eigenvalue weighted by atomic mass is 10.1. The van der Waals surface area contributed by atoms with Crippen molar-refractivity contribution in [1.82, 2.24) is 0 Å². The van der Waals surface area contributed by atoms with E-state index in [2.05, 4.69) is 0 Å². The number of rotatable bonds is 3. The molecule has 0 unspecified atom stereocenters. The first-order valence-electron chi connectivity index (χ1n) is 3.97. The van der Waals surface area contributed by atoms with Crippen molar-refractivity contribution in [2.24, 2.45) is 0 Å². The predicted molar refractivity (Wildman–Crippen MR) is 54.7 cm³/mol. The summed E-state index contributed by atoms with van der Waals surface area (Å²) >= 11 is 10.5.